The van der Waals surface area contributed by atoms with E-state index in [1.807, 2.05) is 6.92 Å². The number of hydrogen-bond acceptors (Lipinski definition) is 4. The molecule has 0 radical (unpaired) electrons. The molecule has 0 atom stereocenters. The van der Waals surface area contributed by atoms with E-state index in [4.69, 9.17) is 10.5 Å². The molecule has 2 N–H and O–H groups in total. The lowest BCUT2D eigenvalue weighted by Crippen LogP contribution is -2.11. The maximum absolute atomic E-state index is 11.9. The molecule has 0 aliphatic carbocycles. The quantitative estimate of drug-likeness (QED) is 0.814. The molecule has 1 aromatic rings. The van der Waals surface area contributed by atoms with Crippen LogP contribution in [0.2, 0.25) is 0 Å². The van der Waals surface area contributed by atoms with E-state index in [1.165, 1.54) is 6.33 Å². The zero-order valence-electron chi connectivity index (χ0n) is 8.41. The molecule has 0 amide bonds. The van der Waals surface area contributed by atoms with Crippen LogP contribution < -0.4 is 10.5 Å². The molecule has 84 valence electrons. The summed E-state index contributed by atoms with van der Waals surface area (Å²) in [6.45, 7) is 1.27. The average Bonchev–Trinajstić information content (AvgIpc) is 2.19. The van der Waals surface area contributed by atoms with Crippen molar-refractivity contribution in [3.8, 4) is 5.88 Å². The van der Waals surface area contributed by atoms with Crippen molar-refractivity contribution in [1.29, 1.82) is 0 Å². The summed E-state index contributed by atoms with van der Waals surface area (Å²) in [6, 6.07) is 0. The lowest BCUT2D eigenvalue weighted by atomic mass is 10.2. The fraction of sp³-hybridized carbons (Fsp3) is 0.556. The zero-order chi connectivity index (χ0) is 11.3. The molecule has 0 unspecified atom stereocenters. The second-order valence-corrected chi connectivity index (χ2v) is 2.99. The largest absolute Gasteiger partial charge is 0.471 e. The first kappa shape index (κ1) is 11.6. The molecular weight excluding hydrogens is 204 g/mol. The van der Waals surface area contributed by atoms with Gasteiger partial charge in [-0.05, 0) is 6.42 Å². The van der Waals surface area contributed by atoms with Gasteiger partial charge in [-0.15, -0.1) is 0 Å². The molecule has 4 nitrogen and oxygen atoms in total. The summed E-state index contributed by atoms with van der Waals surface area (Å²) in [5.41, 5.74) is 6.19. The number of hydrogen-bond donors (Lipinski definition) is 1. The maximum atomic E-state index is 11.9. The third-order valence-corrected chi connectivity index (χ3v) is 1.79. The van der Waals surface area contributed by atoms with Crippen molar-refractivity contribution in [2.45, 2.75) is 26.2 Å². The van der Waals surface area contributed by atoms with Crippen LogP contribution >= 0.6 is 0 Å². The smallest absolute Gasteiger partial charge is 0.272 e. The fourth-order valence-electron chi connectivity index (χ4n) is 1.16. The number of nitrogens with zero attached hydrogens (tertiary/aromatic N) is 2. The summed E-state index contributed by atoms with van der Waals surface area (Å²) in [6.07, 6.45) is 0.124. The van der Waals surface area contributed by atoms with Crippen molar-refractivity contribution in [1.82, 2.24) is 9.97 Å². The first-order valence-corrected chi connectivity index (χ1v) is 4.65. The van der Waals surface area contributed by atoms with Crippen LogP contribution in [0.25, 0.3) is 0 Å². The number of anilines is 1. The van der Waals surface area contributed by atoms with E-state index in [0.29, 0.717) is 12.0 Å². The van der Waals surface area contributed by atoms with Crippen LogP contribution in [-0.4, -0.2) is 23.0 Å². The first-order valence-electron chi connectivity index (χ1n) is 4.65. The van der Waals surface area contributed by atoms with E-state index in [0.717, 1.165) is 6.42 Å². The molecule has 0 aliphatic heterocycles. The molecule has 1 rings (SSSR count). The maximum Gasteiger partial charge on any atom is 0.272 e. The Morgan fingerprint density at radius 3 is 2.80 bits per heavy atom. The number of rotatable bonds is 5. The SMILES string of the molecule is CCCc1c(N)ncnc1OCC(F)F. The van der Waals surface area contributed by atoms with Gasteiger partial charge in [0.05, 0.1) is 5.56 Å². The Labute approximate surface area is 86.5 Å². The molecule has 0 saturated heterocycles. The Morgan fingerprint density at radius 1 is 1.47 bits per heavy atom. The Hall–Kier alpha value is -1.46. The zero-order valence-corrected chi connectivity index (χ0v) is 8.41. The number of nitrogen functional groups attached to an aromatic ring is 1. The third kappa shape index (κ3) is 3.30. The summed E-state index contributed by atoms with van der Waals surface area (Å²) < 4.78 is 28.7. The predicted octanol–water partition coefficient (Wildman–Crippen LogP) is 1.66. The van der Waals surface area contributed by atoms with Gasteiger partial charge in [-0.25, -0.2) is 18.7 Å². The molecule has 0 fully saturated rings. The second kappa shape index (κ2) is 5.43. The number of alkyl halides is 2. The second-order valence-electron chi connectivity index (χ2n) is 2.99. The summed E-state index contributed by atoms with van der Waals surface area (Å²) >= 11 is 0. The molecule has 0 saturated carbocycles. The van der Waals surface area contributed by atoms with Crippen molar-refractivity contribution >= 4 is 5.82 Å². The molecule has 1 heterocycles. The minimum Gasteiger partial charge on any atom is -0.471 e. The van der Waals surface area contributed by atoms with Crippen LogP contribution in [0.5, 0.6) is 5.88 Å². The highest BCUT2D eigenvalue weighted by atomic mass is 19.3. The Kier molecular flexibility index (Phi) is 4.20. The van der Waals surface area contributed by atoms with E-state index in [1.54, 1.807) is 0 Å². The van der Waals surface area contributed by atoms with Gasteiger partial charge >= 0.3 is 0 Å². The average molecular weight is 217 g/mol. The van der Waals surface area contributed by atoms with Crippen molar-refractivity contribution in [2.75, 3.05) is 12.3 Å². The molecule has 0 spiro atoms. The van der Waals surface area contributed by atoms with Gasteiger partial charge < -0.3 is 10.5 Å². The fourth-order valence-corrected chi connectivity index (χ4v) is 1.16. The Bertz CT molecular complexity index is 320. The highest BCUT2D eigenvalue weighted by Gasteiger charge is 2.11. The summed E-state index contributed by atoms with van der Waals surface area (Å²) in [5, 5.41) is 0. The number of nitrogens with two attached hydrogens (primary N) is 1. The summed E-state index contributed by atoms with van der Waals surface area (Å²) in [5.74, 6) is 0.445. The monoisotopic (exact) mass is 217 g/mol. The third-order valence-electron chi connectivity index (χ3n) is 1.79. The van der Waals surface area contributed by atoms with E-state index >= 15 is 0 Å². The lowest BCUT2D eigenvalue weighted by Gasteiger charge is -2.10. The van der Waals surface area contributed by atoms with E-state index < -0.39 is 13.0 Å². The van der Waals surface area contributed by atoms with Gasteiger partial charge in [0.2, 0.25) is 5.88 Å². The van der Waals surface area contributed by atoms with Crippen molar-refractivity contribution in [3.63, 3.8) is 0 Å². The minimum absolute atomic E-state index is 0.157. The van der Waals surface area contributed by atoms with Gasteiger partial charge in [0.15, 0.2) is 6.61 Å². The molecule has 15 heavy (non-hydrogen) atoms. The van der Waals surface area contributed by atoms with Crippen molar-refractivity contribution in [2.24, 2.45) is 0 Å². The summed E-state index contributed by atoms with van der Waals surface area (Å²) in [7, 11) is 0. The highest BCUT2D eigenvalue weighted by molar-refractivity contribution is 5.44. The van der Waals surface area contributed by atoms with Crippen LogP contribution in [0, 0.1) is 0 Å². The molecule has 0 aliphatic rings. The van der Waals surface area contributed by atoms with Gasteiger partial charge in [0.1, 0.15) is 12.1 Å². The number of halogens is 2. The van der Waals surface area contributed by atoms with Crippen LogP contribution in [0.4, 0.5) is 14.6 Å². The minimum atomic E-state index is -2.52. The van der Waals surface area contributed by atoms with Gasteiger partial charge in [0, 0.05) is 0 Å². The molecule has 0 aromatic carbocycles. The molecular formula is C9H13F2N3O. The van der Waals surface area contributed by atoms with Gasteiger partial charge in [-0.2, -0.15) is 0 Å². The van der Waals surface area contributed by atoms with E-state index in [2.05, 4.69) is 9.97 Å². The van der Waals surface area contributed by atoms with Gasteiger partial charge in [-0.3, -0.25) is 0 Å². The highest BCUT2D eigenvalue weighted by Crippen LogP contribution is 2.21. The topological polar surface area (TPSA) is 61.0 Å². The predicted molar refractivity (Wildman–Crippen MR) is 51.9 cm³/mol. The molecule has 0 bridgehead atoms. The standard InChI is InChI=1S/C9H13F2N3O/c1-2-3-6-8(12)13-5-14-9(6)15-4-7(10)11/h5,7H,2-4H2,1H3,(H2,12,13,14). The van der Waals surface area contributed by atoms with E-state index in [-0.39, 0.29) is 11.7 Å². The molecule has 6 heteroatoms. The van der Waals surface area contributed by atoms with Crippen LogP contribution in [0.15, 0.2) is 6.33 Å². The van der Waals surface area contributed by atoms with E-state index in [9.17, 15) is 8.78 Å². The first-order chi connectivity index (χ1) is 7.15. The van der Waals surface area contributed by atoms with Crippen molar-refractivity contribution < 1.29 is 13.5 Å². The number of ether oxygens (including phenoxy) is 1. The summed E-state index contributed by atoms with van der Waals surface area (Å²) in [4.78, 5) is 7.57. The van der Waals surface area contributed by atoms with Gasteiger partial charge in [0.25, 0.3) is 6.43 Å². The van der Waals surface area contributed by atoms with Crippen molar-refractivity contribution in [3.05, 3.63) is 11.9 Å². The molecule has 1 aromatic heterocycles. The lowest BCUT2D eigenvalue weighted by molar-refractivity contribution is 0.0790. The Balaban J connectivity index is 2.80. The number of aromatic nitrogens is 2. The van der Waals surface area contributed by atoms with Crippen LogP contribution in [0.1, 0.15) is 18.9 Å². The Morgan fingerprint density at radius 2 is 2.20 bits per heavy atom. The van der Waals surface area contributed by atoms with Gasteiger partial charge in [-0.1, -0.05) is 13.3 Å². The van der Waals surface area contributed by atoms with Crippen LogP contribution in [0.3, 0.4) is 0 Å². The normalized spacial score (nSPS) is 10.7. The van der Waals surface area contributed by atoms with Crippen LogP contribution in [-0.2, 0) is 6.42 Å².